The summed E-state index contributed by atoms with van der Waals surface area (Å²) in [5.74, 6) is 0.723. The van der Waals surface area contributed by atoms with Crippen LogP contribution >= 0.6 is 11.6 Å². The number of methoxy groups -OCH3 is 1. The number of ether oxygens (including phenoxy) is 2. The Morgan fingerprint density at radius 3 is 2.64 bits per heavy atom. The molecule has 0 aromatic heterocycles. The predicted molar refractivity (Wildman–Crippen MR) is 58.2 cm³/mol. The van der Waals surface area contributed by atoms with Gasteiger partial charge in [0.05, 0.1) is 11.6 Å². The zero-order valence-corrected chi connectivity index (χ0v) is 9.30. The first-order valence-electron chi connectivity index (χ1n) is 4.68. The van der Waals surface area contributed by atoms with Crippen molar-refractivity contribution >= 4 is 11.6 Å². The molecule has 0 radical (unpaired) electrons. The minimum absolute atomic E-state index is 0.529. The summed E-state index contributed by atoms with van der Waals surface area (Å²) in [6.07, 6.45) is 0.984. The van der Waals surface area contributed by atoms with Gasteiger partial charge in [-0.25, -0.2) is 0 Å². The van der Waals surface area contributed by atoms with Crippen LogP contribution in [0.5, 0.6) is 5.75 Å². The monoisotopic (exact) mass is 214 g/mol. The van der Waals surface area contributed by atoms with Crippen molar-refractivity contribution in [3.63, 3.8) is 0 Å². The molecule has 0 aliphatic heterocycles. The van der Waals surface area contributed by atoms with Crippen LogP contribution < -0.4 is 4.74 Å². The fourth-order valence-corrected chi connectivity index (χ4v) is 1.37. The molecule has 78 valence electrons. The average Bonchev–Trinajstić information content (AvgIpc) is 2.20. The molecular formula is C11H15ClO2. The van der Waals surface area contributed by atoms with Crippen LogP contribution in [0.4, 0.5) is 0 Å². The van der Waals surface area contributed by atoms with Crippen LogP contribution in [0.1, 0.15) is 12.5 Å². The third-order valence-electron chi connectivity index (χ3n) is 1.95. The van der Waals surface area contributed by atoms with Gasteiger partial charge in [-0.2, -0.15) is 0 Å². The van der Waals surface area contributed by atoms with Gasteiger partial charge in [-0.1, -0.05) is 24.6 Å². The number of aryl methyl sites for hydroxylation is 1. The Balaban J connectivity index is 2.59. The van der Waals surface area contributed by atoms with Gasteiger partial charge in [0.1, 0.15) is 12.4 Å². The molecule has 14 heavy (non-hydrogen) atoms. The zero-order valence-electron chi connectivity index (χ0n) is 8.55. The van der Waals surface area contributed by atoms with Crippen LogP contribution in [0.25, 0.3) is 0 Å². The van der Waals surface area contributed by atoms with E-state index in [1.54, 1.807) is 7.11 Å². The maximum absolute atomic E-state index is 6.02. The maximum atomic E-state index is 6.02. The van der Waals surface area contributed by atoms with Crippen molar-refractivity contribution in [3.05, 3.63) is 28.8 Å². The normalized spacial score (nSPS) is 10.2. The fraction of sp³-hybridized carbons (Fsp3) is 0.455. The Morgan fingerprint density at radius 2 is 2.07 bits per heavy atom. The molecule has 0 amide bonds. The molecule has 0 bridgehead atoms. The van der Waals surface area contributed by atoms with Crippen LogP contribution in [0, 0.1) is 0 Å². The Bertz CT molecular complexity index is 287. The summed E-state index contributed by atoms with van der Waals surface area (Å²) >= 11 is 6.02. The van der Waals surface area contributed by atoms with Gasteiger partial charge in [0, 0.05) is 7.11 Å². The van der Waals surface area contributed by atoms with Crippen LogP contribution in [0.15, 0.2) is 18.2 Å². The highest BCUT2D eigenvalue weighted by molar-refractivity contribution is 6.32. The quantitative estimate of drug-likeness (QED) is 0.702. The molecule has 0 aliphatic rings. The van der Waals surface area contributed by atoms with Crippen LogP contribution in [-0.2, 0) is 11.2 Å². The van der Waals surface area contributed by atoms with Crippen molar-refractivity contribution in [2.75, 3.05) is 20.3 Å². The molecule has 0 saturated carbocycles. The van der Waals surface area contributed by atoms with E-state index in [1.807, 2.05) is 18.2 Å². The molecule has 0 atom stereocenters. The molecule has 1 rings (SSSR count). The van der Waals surface area contributed by atoms with Gasteiger partial charge in [-0.3, -0.25) is 0 Å². The van der Waals surface area contributed by atoms with Crippen LogP contribution in [-0.4, -0.2) is 20.3 Å². The third kappa shape index (κ3) is 3.20. The first-order chi connectivity index (χ1) is 6.77. The molecule has 0 fully saturated rings. The zero-order chi connectivity index (χ0) is 10.4. The Labute approximate surface area is 89.8 Å². The van der Waals surface area contributed by atoms with Gasteiger partial charge in [-0.15, -0.1) is 0 Å². The summed E-state index contributed by atoms with van der Waals surface area (Å²) in [5, 5.41) is 0.667. The maximum Gasteiger partial charge on any atom is 0.138 e. The number of hydrogen-bond donors (Lipinski definition) is 0. The van der Waals surface area contributed by atoms with Gasteiger partial charge in [-0.05, 0) is 24.1 Å². The lowest BCUT2D eigenvalue weighted by Gasteiger charge is -2.08. The molecular weight excluding hydrogens is 200 g/mol. The molecule has 1 aromatic carbocycles. The lowest BCUT2D eigenvalue weighted by atomic mass is 10.2. The summed E-state index contributed by atoms with van der Waals surface area (Å²) in [5.41, 5.74) is 1.22. The number of benzene rings is 1. The van der Waals surface area contributed by atoms with Gasteiger partial charge in [0.25, 0.3) is 0 Å². The minimum Gasteiger partial charge on any atom is -0.490 e. The Kier molecular flexibility index (Phi) is 4.77. The summed E-state index contributed by atoms with van der Waals surface area (Å²) in [6.45, 7) is 3.20. The molecule has 2 nitrogen and oxygen atoms in total. The van der Waals surface area contributed by atoms with E-state index >= 15 is 0 Å². The number of halogens is 1. The van der Waals surface area contributed by atoms with Crippen molar-refractivity contribution in [1.29, 1.82) is 0 Å². The first kappa shape index (κ1) is 11.3. The molecule has 0 aliphatic carbocycles. The number of rotatable bonds is 5. The molecule has 0 unspecified atom stereocenters. The van der Waals surface area contributed by atoms with Crippen molar-refractivity contribution in [1.82, 2.24) is 0 Å². The lowest BCUT2D eigenvalue weighted by molar-refractivity contribution is 0.146. The largest absolute Gasteiger partial charge is 0.490 e. The highest BCUT2D eigenvalue weighted by atomic mass is 35.5. The summed E-state index contributed by atoms with van der Waals surface area (Å²) in [6, 6.07) is 5.86. The molecule has 0 saturated heterocycles. The second kappa shape index (κ2) is 5.89. The molecule has 1 aromatic rings. The standard InChI is InChI=1S/C11H15ClO2/c1-3-9-4-5-11(10(12)8-9)14-7-6-13-2/h4-5,8H,3,6-7H2,1-2H3. The molecule has 0 heterocycles. The lowest BCUT2D eigenvalue weighted by Crippen LogP contribution is -2.04. The summed E-state index contributed by atoms with van der Waals surface area (Å²) < 4.78 is 10.3. The molecule has 3 heteroatoms. The highest BCUT2D eigenvalue weighted by Crippen LogP contribution is 2.25. The van der Waals surface area contributed by atoms with E-state index in [-0.39, 0.29) is 0 Å². The van der Waals surface area contributed by atoms with Crippen LogP contribution in [0.3, 0.4) is 0 Å². The Morgan fingerprint density at radius 1 is 1.29 bits per heavy atom. The van der Waals surface area contributed by atoms with Crippen molar-refractivity contribution in [2.45, 2.75) is 13.3 Å². The van der Waals surface area contributed by atoms with E-state index in [1.165, 1.54) is 5.56 Å². The molecule has 0 spiro atoms. The van der Waals surface area contributed by atoms with E-state index in [2.05, 4.69) is 6.92 Å². The summed E-state index contributed by atoms with van der Waals surface area (Å²) in [4.78, 5) is 0. The van der Waals surface area contributed by atoms with E-state index in [0.717, 1.165) is 12.2 Å². The average molecular weight is 215 g/mol. The smallest absolute Gasteiger partial charge is 0.138 e. The van der Waals surface area contributed by atoms with Gasteiger partial charge in [0.15, 0.2) is 0 Å². The highest BCUT2D eigenvalue weighted by Gasteiger charge is 2.01. The second-order valence-corrected chi connectivity index (χ2v) is 3.37. The topological polar surface area (TPSA) is 18.5 Å². The minimum atomic E-state index is 0.529. The van der Waals surface area contributed by atoms with Crippen molar-refractivity contribution < 1.29 is 9.47 Å². The summed E-state index contributed by atoms with van der Waals surface area (Å²) in [7, 11) is 1.64. The SMILES string of the molecule is CCc1ccc(OCCOC)c(Cl)c1. The van der Waals surface area contributed by atoms with Gasteiger partial charge >= 0.3 is 0 Å². The first-order valence-corrected chi connectivity index (χ1v) is 5.06. The van der Waals surface area contributed by atoms with Crippen LogP contribution in [0.2, 0.25) is 5.02 Å². The predicted octanol–water partition coefficient (Wildman–Crippen LogP) is 2.93. The van der Waals surface area contributed by atoms with Gasteiger partial charge in [0.2, 0.25) is 0 Å². The number of hydrogen-bond acceptors (Lipinski definition) is 2. The Hall–Kier alpha value is -0.730. The van der Waals surface area contributed by atoms with E-state index in [0.29, 0.717) is 18.2 Å². The van der Waals surface area contributed by atoms with Crippen molar-refractivity contribution in [2.24, 2.45) is 0 Å². The second-order valence-electron chi connectivity index (χ2n) is 2.96. The van der Waals surface area contributed by atoms with Gasteiger partial charge < -0.3 is 9.47 Å². The fourth-order valence-electron chi connectivity index (χ4n) is 1.12. The van der Waals surface area contributed by atoms with E-state index in [4.69, 9.17) is 21.1 Å². The third-order valence-corrected chi connectivity index (χ3v) is 2.24. The van der Waals surface area contributed by atoms with E-state index < -0.39 is 0 Å². The van der Waals surface area contributed by atoms with E-state index in [9.17, 15) is 0 Å². The molecule has 0 N–H and O–H groups in total. The van der Waals surface area contributed by atoms with Crippen molar-refractivity contribution in [3.8, 4) is 5.75 Å².